The highest BCUT2D eigenvalue weighted by Gasteiger charge is 2.73. The summed E-state index contributed by atoms with van der Waals surface area (Å²) in [5.41, 5.74) is -0.628. The summed E-state index contributed by atoms with van der Waals surface area (Å²) in [6, 6.07) is 21.1. The molecule has 6 nitrogen and oxygen atoms in total. The average Bonchev–Trinajstić information content (AvgIpc) is 3.25. The van der Waals surface area contributed by atoms with E-state index in [9.17, 15) is 10.3 Å². The fraction of sp³-hybridized carbons (Fsp3) is 0.296. The number of ether oxygens (including phenoxy) is 3. The third-order valence-corrected chi connectivity index (χ3v) is 7.25. The molecule has 3 aromatic carbocycles. The average molecular weight is 524 g/mol. The van der Waals surface area contributed by atoms with E-state index in [1.165, 1.54) is 0 Å². The minimum Gasteiger partial charge on any atom is -0.494 e. The van der Waals surface area contributed by atoms with Crippen molar-refractivity contribution in [3.8, 4) is 17.2 Å². The van der Waals surface area contributed by atoms with Gasteiger partial charge in [0.25, 0.3) is 0 Å². The number of hydrogen-bond acceptors (Lipinski definition) is 6. The van der Waals surface area contributed by atoms with Gasteiger partial charge in [-0.3, -0.25) is 0 Å². The maximum absolute atomic E-state index is 12.6. The first-order valence-electron chi connectivity index (χ1n) is 11.4. The third kappa shape index (κ3) is 3.14. The Labute approximate surface area is 206 Å². The number of rotatable bonds is 6. The molecule has 1 fully saturated rings. The smallest absolute Gasteiger partial charge is 0.183 e. The van der Waals surface area contributed by atoms with Crippen LogP contribution in [0.4, 0.5) is 0 Å². The summed E-state index contributed by atoms with van der Waals surface area (Å²) in [4.78, 5) is 0. The van der Waals surface area contributed by atoms with Crippen molar-refractivity contribution in [3.63, 3.8) is 0 Å². The van der Waals surface area contributed by atoms with Crippen LogP contribution in [0.15, 0.2) is 76.4 Å². The summed E-state index contributed by atoms with van der Waals surface area (Å²) in [7, 11) is 0. The van der Waals surface area contributed by atoms with Crippen molar-refractivity contribution < 1.29 is 24.5 Å². The number of hydrogen-bond donors (Lipinski definition) is 2. The Morgan fingerprint density at radius 2 is 1.74 bits per heavy atom. The van der Waals surface area contributed by atoms with Gasteiger partial charge in [0, 0.05) is 28.9 Å². The van der Waals surface area contributed by atoms with Crippen molar-refractivity contribution in [2.75, 3.05) is 13.2 Å². The molecule has 0 spiro atoms. The van der Waals surface area contributed by atoms with E-state index in [1.807, 2.05) is 68.4 Å². The number of oxime groups is 1. The molecule has 3 atom stereocenters. The number of nitrogens with zero attached hydrogens (tertiary/aromatic N) is 1. The maximum atomic E-state index is 12.6. The predicted octanol–water partition coefficient (Wildman–Crippen LogP) is 5.74. The van der Waals surface area contributed by atoms with E-state index >= 15 is 0 Å². The van der Waals surface area contributed by atoms with Gasteiger partial charge in [-0.05, 0) is 37.1 Å². The van der Waals surface area contributed by atoms with Crippen molar-refractivity contribution in [1.29, 1.82) is 0 Å². The van der Waals surface area contributed by atoms with E-state index in [-0.39, 0.29) is 11.6 Å². The van der Waals surface area contributed by atoms with Gasteiger partial charge in [0.1, 0.15) is 17.2 Å². The molecule has 5 rings (SSSR count). The van der Waals surface area contributed by atoms with Crippen LogP contribution in [0.5, 0.6) is 17.2 Å². The summed E-state index contributed by atoms with van der Waals surface area (Å²) in [5, 5.41) is 26.4. The van der Waals surface area contributed by atoms with Crippen LogP contribution in [0.25, 0.3) is 0 Å². The monoisotopic (exact) mass is 523 g/mol. The van der Waals surface area contributed by atoms with Crippen LogP contribution in [0, 0.1) is 0 Å². The van der Waals surface area contributed by atoms with Crippen LogP contribution in [0.2, 0.25) is 0 Å². The number of halogens is 1. The van der Waals surface area contributed by atoms with Gasteiger partial charge in [-0.15, -0.1) is 0 Å². The molecule has 1 heterocycles. The van der Waals surface area contributed by atoms with Gasteiger partial charge in [-0.1, -0.05) is 63.6 Å². The summed E-state index contributed by atoms with van der Waals surface area (Å²) < 4.78 is 19.5. The van der Waals surface area contributed by atoms with Crippen LogP contribution in [0.3, 0.4) is 0 Å². The van der Waals surface area contributed by atoms with Crippen LogP contribution in [-0.4, -0.2) is 29.2 Å². The van der Waals surface area contributed by atoms with E-state index in [0.29, 0.717) is 42.4 Å². The summed E-state index contributed by atoms with van der Waals surface area (Å²) in [5.74, 6) is 1.14. The largest absolute Gasteiger partial charge is 0.494 e. The molecule has 0 unspecified atom stereocenters. The molecule has 0 saturated heterocycles. The molecule has 2 N–H and O–H groups in total. The van der Waals surface area contributed by atoms with Crippen molar-refractivity contribution in [3.05, 3.63) is 87.9 Å². The van der Waals surface area contributed by atoms with Crippen LogP contribution in [0.1, 0.15) is 42.9 Å². The maximum Gasteiger partial charge on any atom is 0.183 e. The molecule has 34 heavy (non-hydrogen) atoms. The number of aliphatic hydroxyl groups is 1. The number of benzene rings is 3. The van der Waals surface area contributed by atoms with Crippen LogP contribution >= 0.6 is 15.9 Å². The van der Waals surface area contributed by atoms with E-state index in [0.717, 1.165) is 15.6 Å². The lowest BCUT2D eigenvalue weighted by atomic mass is 9.71. The van der Waals surface area contributed by atoms with Crippen molar-refractivity contribution in [2.24, 2.45) is 5.16 Å². The molecular weight excluding hydrogens is 498 g/mol. The summed E-state index contributed by atoms with van der Waals surface area (Å²) in [6.07, 6.45) is 0.311. The topological polar surface area (TPSA) is 80.5 Å². The Kier molecular flexibility index (Phi) is 5.78. The standard InChI is InChI=1S/C27H26BrNO5/c1-3-32-20-14-22(33-4-2)25-23(15-20)34-27(18-10-12-19(28)13-11-18)21(17-8-6-5-7-9-17)16-24(29-31)26(25,27)30/h5-15,21,30-31H,3-4,16H2,1-2H3/b29-24+/t21-,26+,27-/m0/s1. The molecule has 0 radical (unpaired) electrons. The Morgan fingerprint density at radius 1 is 1.03 bits per heavy atom. The Hall–Kier alpha value is -3.03. The zero-order valence-electron chi connectivity index (χ0n) is 19.0. The van der Waals surface area contributed by atoms with Crippen molar-refractivity contribution in [2.45, 2.75) is 37.4 Å². The third-order valence-electron chi connectivity index (χ3n) is 6.72. The second-order valence-electron chi connectivity index (χ2n) is 8.43. The molecule has 2 aliphatic rings. The highest BCUT2D eigenvalue weighted by molar-refractivity contribution is 9.10. The van der Waals surface area contributed by atoms with Gasteiger partial charge in [0.2, 0.25) is 0 Å². The Morgan fingerprint density at radius 3 is 2.38 bits per heavy atom. The molecule has 1 aliphatic heterocycles. The lowest BCUT2D eigenvalue weighted by Crippen LogP contribution is -2.50. The summed E-state index contributed by atoms with van der Waals surface area (Å²) >= 11 is 3.51. The highest BCUT2D eigenvalue weighted by Crippen LogP contribution is 2.67. The SMILES string of the molecule is CCOc1cc(OCC)c2c(c1)O[C@@]1(c3ccc(Br)cc3)[C@H](c3ccccc3)C/C(=N\O)[C@@]21O. The van der Waals surface area contributed by atoms with Gasteiger partial charge in [-0.25, -0.2) is 0 Å². The van der Waals surface area contributed by atoms with Crippen LogP contribution in [-0.2, 0) is 11.2 Å². The first-order valence-corrected chi connectivity index (χ1v) is 12.2. The van der Waals surface area contributed by atoms with Gasteiger partial charge >= 0.3 is 0 Å². The summed E-state index contributed by atoms with van der Waals surface area (Å²) in [6.45, 7) is 4.64. The van der Waals surface area contributed by atoms with Gasteiger partial charge in [0.05, 0.1) is 24.5 Å². The van der Waals surface area contributed by atoms with E-state index in [2.05, 4.69) is 21.1 Å². The van der Waals surface area contributed by atoms with Crippen LogP contribution < -0.4 is 14.2 Å². The highest BCUT2D eigenvalue weighted by atomic mass is 79.9. The first-order chi connectivity index (χ1) is 16.5. The van der Waals surface area contributed by atoms with E-state index < -0.39 is 11.2 Å². The quantitative estimate of drug-likeness (QED) is 0.318. The Bertz CT molecular complexity index is 1230. The molecule has 176 valence electrons. The fourth-order valence-corrected chi connectivity index (χ4v) is 5.70. The first kappa shape index (κ1) is 22.7. The molecule has 0 bridgehead atoms. The van der Waals surface area contributed by atoms with E-state index in [4.69, 9.17) is 14.2 Å². The van der Waals surface area contributed by atoms with Crippen molar-refractivity contribution >= 4 is 21.6 Å². The predicted molar refractivity (Wildman–Crippen MR) is 132 cm³/mol. The van der Waals surface area contributed by atoms with Crippen molar-refractivity contribution in [1.82, 2.24) is 0 Å². The fourth-order valence-electron chi connectivity index (χ4n) is 5.44. The lowest BCUT2D eigenvalue weighted by Gasteiger charge is -2.39. The molecule has 0 amide bonds. The van der Waals surface area contributed by atoms with Gasteiger partial charge in [0.15, 0.2) is 11.2 Å². The molecular formula is C27H26BrNO5. The molecule has 1 aliphatic carbocycles. The lowest BCUT2D eigenvalue weighted by molar-refractivity contribution is -0.0754. The Balaban J connectivity index is 1.83. The minimum absolute atomic E-state index is 0.230. The van der Waals surface area contributed by atoms with Gasteiger partial charge < -0.3 is 24.5 Å². The normalized spacial score (nSPS) is 26.1. The molecule has 7 heteroatoms. The second-order valence-corrected chi connectivity index (χ2v) is 9.35. The van der Waals surface area contributed by atoms with Gasteiger partial charge in [-0.2, -0.15) is 0 Å². The zero-order valence-corrected chi connectivity index (χ0v) is 20.6. The van der Waals surface area contributed by atoms with E-state index in [1.54, 1.807) is 12.1 Å². The second kappa shape index (κ2) is 8.64. The zero-order chi connectivity index (χ0) is 23.9. The minimum atomic E-state index is -1.76. The molecule has 0 aromatic heterocycles. The number of fused-ring (bicyclic) bond motifs is 3. The molecule has 1 saturated carbocycles. The molecule has 3 aromatic rings.